The summed E-state index contributed by atoms with van der Waals surface area (Å²) in [7, 11) is 0. The highest BCUT2D eigenvalue weighted by atomic mass is 35.5. The molecule has 0 atom stereocenters. The largest absolute Gasteiger partial charge is 0.490 e. The second-order valence-corrected chi connectivity index (χ2v) is 6.05. The van der Waals surface area contributed by atoms with Gasteiger partial charge in [-0.2, -0.15) is 0 Å². The normalized spacial score (nSPS) is 10.3. The number of hydrogen-bond acceptors (Lipinski definition) is 4. The van der Waals surface area contributed by atoms with E-state index in [1.807, 2.05) is 33.8 Å². The summed E-state index contributed by atoms with van der Waals surface area (Å²) in [5, 5.41) is 6.13. The highest BCUT2D eigenvalue weighted by molar-refractivity contribution is 6.31. The summed E-state index contributed by atoms with van der Waals surface area (Å²) in [6.45, 7) is 8.94. The fourth-order valence-corrected chi connectivity index (χ4v) is 2.61. The number of anilines is 2. The van der Waals surface area contributed by atoms with Crippen LogP contribution in [0.3, 0.4) is 0 Å². The van der Waals surface area contributed by atoms with E-state index in [1.165, 1.54) is 0 Å². The van der Waals surface area contributed by atoms with Crippen molar-refractivity contribution < 1.29 is 19.0 Å². The molecule has 6 nitrogen and oxygen atoms in total. The SMILES string of the molecule is CCOc1cc(NC(=O)Nc2ccc(C)c(Cl)c2)cc(OCC)c1OCC. The van der Waals surface area contributed by atoms with Crippen LogP contribution in [0.25, 0.3) is 0 Å². The van der Waals surface area contributed by atoms with Crippen molar-refractivity contribution in [2.24, 2.45) is 0 Å². The molecule has 146 valence electrons. The van der Waals surface area contributed by atoms with Crippen molar-refractivity contribution in [3.8, 4) is 17.2 Å². The van der Waals surface area contributed by atoms with Gasteiger partial charge in [0.15, 0.2) is 11.5 Å². The Kier molecular flexibility index (Phi) is 7.61. The lowest BCUT2D eigenvalue weighted by atomic mass is 10.2. The van der Waals surface area contributed by atoms with Crippen molar-refractivity contribution in [3.63, 3.8) is 0 Å². The summed E-state index contributed by atoms with van der Waals surface area (Å²) >= 11 is 6.10. The minimum absolute atomic E-state index is 0.399. The van der Waals surface area contributed by atoms with Crippen LogP contribution in [0, 0.1) is 6.92 Å². The summed E-state index contributed by atoms with van der Waals surface area (Å²) in [5.74, 6) is 1.55. The quantitative estimate of drug-likeness (QED) is 0.623. The first-order valence-corrected chi connectivity index (χ1v) is 9.26. The molecule has 27 heavy (non-hydrogen) atoms. The zero-order chi connectivity index (χ0) is 19.8. The van der Waals surface area contributed by atoms with Gasteiger partial charge in [0.1, 0.15) is 0 Å². The number of nitrogens with one attached hydrogen (secondary N) is 2. The van der Waals surface area contributed by atoms with Gasteiger partial charge in [0.25, 0.3) is 0 Å². The molecule has 0 bridgehead atoms. The van der Waals surface area contributed by atoms with E-state index in [2.05, 4.69) is 10.6 Å². The van der Waals surface area contributed by atoms with E-state index in [-0.39, 0.29) is 0 Å². The third-order valence-corrected chi connectivity index (χ3v) is 4.00. The average Bonchev–Trinajstić information content (AvgIpc) is 2.61. The molecule has 0 aliphatic heterocycles. The van der Waals surface area contributed by atoms with E-state index in [0.717, 1.165) is 5.56 Å². The Balaban J connectivity index is 2.22. The smallest absolute Gasteiger partial charge is 0.323 e. The van der Waals surface area contributed by atoms with Gasteiger partial charge in [-0.15, -0.1) is 0 Å². The predicted octanol–water partition coefficient (Wildman–Crippen LogP) is 5.49. The molecule has 0 fully saturated rings. The van der Waals surface area contributed by atoms with Crippen LogP contribution in [0.2, 0.25) is 5.02 Å². The number of carbonyl (C=O) groups excluding carboxylic acids is 1. The van der Waals surface area contributed by atoms with Crippen LogP contribution in [-0.2, 0) is 0 Å². The van der Waals surface area contributed by atoms with Crippen molar-refractivity contribution in [2.75, 3.05) is 30.5 Å². The van der Waals surface area contributed by atoms with Crippen LogP contribution in [0.5, 0.6) is 17.2 Å². The number of urea groups is 1. The van der Waals surface area contributed by atoms with E-state index in [1.54, 1.807) is 24.3 Å². The van der Waals surface area contributed by atoms with Gasteiger partial charge < -0.3 is 24.8 Å². The van der Waals surface area contributed by atoms with Gasteiger partial charge in [0, 0.05) is 22.8 Å². The third kappa shape index (κ3) is 5.69. The second-order valence-electron chi connectivity index (χ2n) is 5.64. The van der Waals surface area contributed by atoms with Crippen LogP contribution < -0.4 is 24.8 Å². The molecule has 2 aromatic rings. The van der Waals surface area contributed by atoms with Crippen molar-refractivity contribution in [1.82, 2.24) is 0 Å². The Bertz CT molecular complexity index is 769. The first kappa shape index (κ1) is 20.7. The van der Waals surface area contributed by atoms with Crippen LogP contribution in [0.1, 0.15) is 26.3 Å². The molecule has 2 rings (SSSR count). The molecule has 0 heterocycles. The predicted molar refractivity (Wildman–Crippen MR) is 109 cm³/mol. The summed E-state index contributed by atoms with van der Waals surface area (Å²) in [4.78, 5) is 12.3. The maximum atomic E-state index is 12.3. The molecule has 0 aliphatic carbocycles. The highest BCUT2D eigenvalue weighted by Gasteiger charge is 2.16. The molecule has 2 aromatic carbocycles. The summed E-state index contributed by atoms with van der Waals surface area (Å²) < 4.78 is 17.0. The number of ether oxygens (including phenoxy) is 3. The van der Waals surface area contributed by atoms with Gasteiger partial charge in [-0.1, -0.05) is 17.7 Å². The van der Waals surface area contributed by atoms with Gasteiger partial charge in [-0.3, -0.25) is 0 Å². The molecular formula is C20H25ClN2O4. The first-order valence-electron chi connectivity index (χ1n) is 8.89. The van der Waals surface area contributed by atoms with Crippen LogP contribution in [0.4, 0.5) is 16.2 Å². The first-order chi connectivity index (χ1) is 13.0. The average molecular weight is 393 g/mol. The lowest BCUT2D eigenvalue weighted by Gasteiger charge is -2.17. The monoisotopic (exact) mass is 392 g/mol. The van der Waals surface area contributed by atoms with E-state index in [4.69, 9.17) is 25.8 Å². The summed E-state index contributed by atoms with van der Waals surface area (Å²) in [6.07, 6.45) is 0. The van der Waals surface area contributed by atoms with Crippen molar-refractivity contribution in [3.05, 3.63) is 40.9 Å². The van der Waals surface area contributed by atoms with Gasteiger partial charge in [0.2, 0.25) is 5.75 Å². The number of hydrogen-bond donors (Lipinski definition) is 2. The van der Waals surface area contributed by atoms with Gasteiger partial charge in [-0.05, 0) is 45.4 Å². The number of carbonyl (C=O) groups is 1. The molecule has 0 radical (unpaired) electrons. The second kappa shape index (κ2) is 9.92. The molecular weight excluding hydrogens is 368 g/mol. The number of halogens is 1. The van der Waals surface area contributed by atoms with Crippen molar-refractivity contribution in [2.45, 2.75) is 27.7 Å². The molecule has 0 saturated carbocycles. The zero-order valence-electron chi connectivity index (χ0n) is 16.0. The lowest BCUT2D eigenvalue weighted by molar-refractivity contribution is 0.260. The van der Waals surface area contributed by atoms with E-state index in [9.17, 15) is 4.79 Å². The molecule has 0 spiro atoms. The maximum Gasteiger partial charge on any atom is 0.323 e. The Morgan fingerprint density at radius 2 is 1.44 bits per heavy atom. The molecule has 0 aromatic heterocycles. The van der Waals surface area contributed by atoms with Crippen LogP contribution >= 0.6 is 11.6 Å². The Morgan fingerprint density at radius 3 is 1.96 bits per heavy atom. The van der Waals surface area contributed by atoms with Crippen molar-refractivity contribution >= 4 is 29.0 Å². The number of aryl methyl sites for hydroxylation is 1. The third-order valence-electron chi connectivity index (χ3n) is 3.60. The van der Waals surface area contributed by atoms with E-state index in [0.29, 0.717) is 53.5 Å². The summed E-state index contributed by atoms with van der Waals surface area (Å²) in [6, 6.07) is 8.35. The highest BCUT2D eigenvalue weighted by Crippen LogP contribution is 2.40. The van der Waals surface area contributed by atoms with Gasteiger partial charge >= 0.3 is 6.03 Å². The van der Waals surface area contributed by atoms with E-state index >= 15 is 0 Å². The van der Waals surface area contributed by atoms with Crippen LogP contribution in [0.15, 0.2) is 30.3 Å². The molecule has 7 heteroatoms. The van der Waals surface area contributed by atoms with Crippen LogP contribution in [-0.4, -0.2) is 25.9 Å². The molecule has 0 unspecified atom stereocenters. The fraction of sp³-hybridized carbons (Fsp3) is 0.350. The zero-order valence-corrected chi connectivity index (χ0v) is 16.8. The summed E-state index contributed by atoms with van der Waals surface area (Å²) in [5.41, 5.74) is 2.07. The maximum absolute atomic E-state index is 12.3. The molecule has 0 saturated heterocycles. The topological polar surface area (TPSA) is 68.8 Å². The van der Waals surface area contributed by atoms with Crippen molar-refractivity contribution in [1.29, 1.82) is 0 Å². The molecule has 2 amide bonds. The minimum Gasteiger partial charge on any atom is -0.490 e. The Morgan fingerprint density at radius 1 is 0.889 bits per heavy atom. The Hall–Kier alpha value is -2.60. The minimum atomic E-state index is -0.399. The Labute approximate surface area is 164 Å². The molecule has 2 N–H and O–H groups in total. The number of rotatable bonds is 8. The van der Waals surface area contributed by atoms with Gasteiger partial charge in [0.05, 0.1) is 25.5 Å². The van der Waals surface area contributed by atoms with E-state index < -0.39 is 6.03 Å². The standard InChI is InChI=1S/C20H25ClN2O4/c1-5-25-17-11-15(12-18(26-6-2)19(17)27-7-3)23-20(24)22-14-9-8-13(4)16(21)10-14/h8-12H,5-7H2,1-4H3,(H2,22,23,24). The van der Waals surface area contributed by atoms with Gasteiger partial charge in [-0.25, -0.2) is 4.79 Å². The lowest BCUT2D eigenvalue weighted by Crippen LogP contribution is -2.19. The number of benzene rings is 2. The fourth-order valence-electron chi connectivity index (χ4n) is 2.42. The number of amides is 2. The molecule has 0 aliphatic rings.